The SMILES string of the molecule is C=CCN1C(=O)c2ccccc2C1(O)c1ccc(Cl)cc1. The van der Waals surface area contributed by atoms with E-state index < -0.39 is 5.72 Å². The number of carbonyl (C=O) groups excluding carboxylic acids is 1. The number of carbonyl (C=O) groups is 1. The Bertz CT molecular complexity index is 711. The van der Waals surface area contributed by atoms with Gasteiger partial charge in [-0.1, -0.05) is 48.0 Å². The first-order valence-corrected chi connectivity index (χ1v) is 6.97. The number of aliphatic hydroxyl groups is 1. The minimum Gasteiger partial charge on any atom is -0.363 e. The van der Waals surface area contributed by atoms with Crippen molar-refractivity contribution in [3.63, 3.8) is 0 Å². The summed E-state index contributed by atoms with van der Waals surface area (Å²) in [5, 5.41) is 11.9. The predicted molar refractivity (Wildman–Crippen MR) is 82.1 cm³/mol. The van der Waals surface area contributed by atoms with Crippen LogP contribution in [-0.4, -0.2) is 22.5 Å². The lowest BCUT2D eigenvalue weighted by molar-refractivity contribution is -0.0444. The van der Waals surface area contributed by atoms with Crippen LogP contribution in [0.1, 0.15) is 21.5 Å². The van der Waals surface area contributed by atoms with Gasteiger partial charge in [-0.15, -0.1) is 6.58 Å². The molecule has 1 unspecified atom stereocenters. The summed E-state index contributed by atoms with van der Waals surface area (Å²) in [7, 11) is 0. The fraction of sp³-hybridized carbons (Fsp3) is 0.118. The van der Waals surface area contributed by atoms with E-state index in [2.05, 4.69) is 6.58 Å². The first-order valence-electron chi connectivity index (χ1n) is 6.60. The molecule has 1 aliphatic heterocycles. The van der Waals surface area contributed by atoms with Crippen molar-refractivity contribution in [3.05, 3.63) is 82.9 Å². The van der Waals surface area contributed by atoms with Crippen molar-refractivity contribution in [2.45, 2.75) is 5.72 Å². The summed E-state index contributed by atoms with van der Waals surface area (Å²) in [4.78, 5) is 13.9. The third kappa shape index (κ3) is 1.97. The van der Waals surface area contributed by atoms with Gasteiger partial charge in [0.05, 0.1) is 0 Å². The summed E-state index contributed by atoms with van der Waals surface area (Å²) in [6.07, 6.45) is 1.60. The number of amides is 1. The molecule has 0 fully saturated rings. The zero-order valence-corrected chi connectivity index (χ0v) is 12.0. The molecule has 2 aromatic rings. The molecule has 3 nitrogen and oxygen atoms in total. The molecule has 106 valence electrons. The Morgan fingerprint density at radius 1 is 1.19 bits per heavy atom. The largest absolute Gasteiger partial charge is 0.363 e. The maximum atomic E-state index is 12.5. The minimum absolute atomic E-state index is 0.206. The number of nitrogens with zero attached hydrogens (tertiary/aromatic N) is 1. The van der Waals surface area contributed by atoms with Crippen LogP contribution in [0.4, 0.5) is 0 Å². The van der Waals surface area contributed by atoms with Crippen molar-refractivity contribution < 1.29 is 9.90 Å². The van der Waals surface area contributed by atoms with Gasteiger partial charge in [-0.2, -0.15) is 0 Å². The number of benzene rings is 2. The first-order chi connectivity index (χ1) is 10.1. The van der Waals surface area contributed by atoms with E-state index in [1.807, 2.05) is 6.07 Å². The minimum atomic E-state index is -1.49. The van der Waals surface area contributed by atoms with Crippen LogP contribution < -0.4 is 0 Å². The highest BCUT2D eigenvalue weighted by molar-refractivity contribution is 6.30. The second kappa shape index (κ2) is 5.02. The van der Waals surface area contributed by atoms with E-state index in [-0.39, 0.29) is 12.5 Å². The van der Waals surface area contributed by atoms with Gasteiger partial charge < -0.3 is 5.11 Å². The Kier molecular flexibility index (Phi) is 3.32. The van der Waals surface area contributed by atoms with Gasteiger partial charge in [-0.25, -0.2) is 0 Å². The molecule has 21 heavy (non-hydrogen) atoms. The summed E-state index contributed by atoms with van der Waals surface area (Å²) in [5.74, 6) is -0.206. The Labute approximate surface area is 128 Å². The van der Waals surface area contributed by atoms with Gasteiger partial charge in [0.1, 0.15) is 0 Å². The molecular weight excluding hydrogens is 286 g/mol. The summed E-state index contributed by atoms with van der Waals surface area (Å²) in [6.45, 7) is 3.93. The maximum Gasteiger partial charge on any atom is 0.257 e. The van der Waals surface area contributed by atoms with Crippen LogP contribution in [0.25, 0.3) is 0 Å². The van der Waals surface area contributed by atoms with Gasteiger partial charge in [0.25, 0.3) is 5.91 Å². The van der Waals surface area contributed by atoms with Crippen molar-refractivity contribution in [1.82, 2.24) is 4.90 Å². The van der Waals surface area contributed by atoms with Crippen LogP contribution in [0.5, 0.6) is 0 Å². The van der Waals surface area contributed by atoms with Crippen LogP contribution in [0.3, 0.4) is 0 Å². The van der Waals surface area contributed by atoms with Gasteiger partial charge in [0, 0.05) is 28.3 Å². The number of hydrogen-bond donors (Lipinski definition) is 1. The monoisotopic (exact) mass is 299 g/mol. The Hall–Kier alpha value is -2.10. The predicted octanol–water partition coefficient (Wildman–Crippen LogP) is 3.18. The molecule has 0 saturated heterocycles. The maximum absolute atomic E-state index is 12.5. The fourth-order valence-corrected chi connectivity index (χ4v) is 2.88. The Morgan fingerprint density at radius 2 is 1.86 bits per heavy atom. The van der Waals surface area contributed by atoms with Crippen molar-refractivity contribution in [2.75, 3.05) is 6.54 Å². The summed E-state index contributed by atoms with van der Waals surface area (Å²) < 4.78 is 0. The van der Waals surface area contributed by atoms with E-state index in [1.54, 1.807) is 48.5 Å². The van der Waals surface area contributed by atoms with Gasteiger partial charge in [0.2, 0.25) is 0 Å². The average Bonchev–Trinajstić information content (AvgIpc) is 2.72. The first kappa shape index (κ1) is 13.9. The van der Waals surface area contributed by atoms with Crippen molar-refractivity contribution in [2.24, 2.45) is 0 Å². The topological polar surface area (TPSA) is 40.5 Å². The van der Waals surface area contributed by atoms with E-state index in [0.717, 1.165) is 0 Å². The van der Waals surface area contributed by atoms with Crippen LogP contribution in [0.15, 0.2) is 61.2 Å². The Balaban J connectivity index is 2.23. The van der Waals surface area contributed by atoms with Crippen molar-refractivity contribution in [1.29, 1.82) is 0 Å². The molecule has 0 aromatic heterocycles. The molecule has 0 radical (unpaired) electrons. The van der Waals surface area contributed by atoms with E-state index in [0.29, 0.717) is 21.7 Å². The molecule has 0 spiro atoms. The summed E-state index contributed by atoms with van der Waals surface area (Å²) >= 11 is 5.91. The van der Waals surface area contributed by atoms with E-state index in [1.165, 1.54) is 4.90 Å². The molecule has 4 heteroatoms. The van der Waals surface area contributed by atoms with E-state index in [4.69, 9.17) is 11.6 Å². The summed E-state index contributed by atoms with van der Waals surface area (Å²) in [5.41, 5.74) is 0.204. The van der Waals surface area contributed by atoms with Gasteiger partial charge in [-0.05, 0) is 18.2 Å². The molecule has 0 saturated carbocycles. The highest BCUT2D eigenvalue weighted by Crippen LogP contribution is 2.42. The second-order valence-electron chi connectivity index (χ2n) is 4.93. The molecule has 1 heterocycles. The number of halogens is 1. The number of fused-ring (bicyclic) bond motifs is 1. The number of rotatable bonds is 3. The zero-order chi connectivity index (χ0) is 15.0. The lowest BCUT2D eigenvalue weighted by Gasteiger charge is -2.34. The normalized spacial score (nSPS) is 20.5. The standard InChI is InChI=1S/C17H14ClNO2/c1-2-11-19-16(20)14-5-3-4-6-15(14)17(19,21)12-7-9-13(18)10-8-12/h2-10,21H,1,11H2. The van der Waals surface area contributed by atoms with E-state index >= 15 is 0 Å². The summed E-state index contributed by atoms with van der Waals surface area (Å²) in [6, 6.07) is 14.0. The smallest absolute Gasteiger partial charge is 0.257 e. The van der Waals surface area contributed by atoms with Gasteiger partial charge >= 0.3 is 0 Å². The highest BCUT2D eigenvalue weighted by Gasteiger charge is 2.49. The molecule has 3 rings (SSSR count). The molecule has 1 N–H and O–H groups in total. The average molecular weight is 300 g/mol. The van der Waals surface area contributed by atoms with Crippen molar-refractivity contribution >= 4 is 17.5 Å². The van der Waals surface area contributed by atoms with E-state index in [9.17, 15) is 9.90 Å². The van der Waals surface area contributed by atoms with Crippen LogP contribution in [0, 0.1) is 0 Å². The molecule has 1 aliphatic rings. The Morgan fingerprint density at radius 3 is 2.52 bits per heavy atom. The molecule has 1 atom stereocenters. The number of hydrogen-bond acceptors (Lipinski definition) is 2. The zero-order valence-electron chi connectivity index (χ0n) is 11.3. The highest BCUT2D eigenvalue weighted by atomic mass is 35.5. The van der Waals surface area contributed by atoms with Crippen LogP contribution in [-0.2, 0) is 5.72 Å². The van der Waals surface area contributed by atoms with Crippen molar-refractivity contribution in [3.8, 4) is 0 Å². The van der Waals surface area contributed by atoms with Crippen LogP contribution in [0.2, 0.25) is 5.02 Å². The second-order valence-corrected chi connectivity index (χ2v) is 5.37. The lowest BCUT2D eigenvalue weighted by atomic mass is 9.94. The molecule has 0 bridgehead atoms. The molecule has 2 aromatic carbocycles. The van der Waals surface area contributed by atoms with Gasteiger partial charge in [0.15, 0.2) is 5.72 Å². The van der Waals surface area contributed by atoms with Gasteiger partial charge in [-0.3, -0.25) is 9.69 Å². The molecule has 1 amide bonds. The lowest BCUT2D eigenvalue weighted by Crippen LogP contribution is -2.44. The quantitative estimate of drug-likeness (QED) is 0.884. The fourth-order valence-electron chi connectivity index (χ4n) is 2.75. The molecule has 0 aliphatic carbocycles. The molecular formula is C17H14ClNO2. The third-order valence-electron chi connectivity index (χ3n) is 3.73. The third-order valence-corrected chi connectivity index (χ3v) is 3.98. The van der Waals surface area contributed by atoms with Crippen LogP contribution >= 0.6 is 11.6 Å².